The summed E-state index contributed by atoms with van der Waals surface area (Å²) in [4.78, 5) is 20.5. The molecule has 23 heavy (non-hydrogen) atoms. The van der Waals surface area contributed by atoms with Crippen LogP contribution in [0.5, 0.6) is 0 Å². The van der Waals surface area contributed by atoms with Crippen LogP contribution in [0.2, 0.25) is 0 Å². The molecule has 1 aromatic heterocycles. The lowest BCUT2D eigenvalue weighted by Crippen LogP contribution is -2.47. The first-order valence-electron chi connectivity index (χ1n) is 7.59. The van der Waals surface area contributed by atoms with Crippen molar-refractivity contribution in [2.45, 2.75) is 25.4 Å². The van der Waals surface area contributed by atoms with E-state index in [0.29, 0.717) is 17.9 Å². The summed E-state index contributed by atoms with van der Waals surface area (Å²) in [5.74, 6) is -0.475. The Labute approximate surface area is 132 Å². The molecule has 0 amide bonds. The van der Waals surface area contributed by atoms with E-state index in [0.717, 1.165) is 31.5 Å². The van der Waals surface area contributed by atoms with E-state index in [1.807, 2.05) is 4.90 Å². The van der Waals surface area contributed by atoms with E-state index in [1.165, 1.54) is 12.3 Å². The van der Waals surface area contributed by atoms with Gasteiger partial charge in [0, 0.05) is 43.6 Å². The van der Waals surface area contributed by atoms with E-state index in [4.69, 9.17) is 0 Å². The molecule has 0 saturated carbocycles. The summed E-state index contributed by atoms with van der Waals surface area (Å²) in [7, 11) is 0. The number of halogens is 2. The van der Waals surface area contributed by atoms with Gasteiger partial charge in [0.05, 0.1) is 0 Å². The molecule has 1 aliphatic rings. The Hall–Kier alpha value is -2.28. The van der Waals surface area contributed by atoms with Crippen LogP contribution in [0.25, 0.3) is 0 Å². The van der Waals surface area contributed by atoms with Gasteiger partial charge in [0.1, 0.15) is 11.6 Å². The lowest BCUT2D eigenvalue weighted by atomic mass is 10.1. The molecule has 1 aliphatic heterocycles. The Morgan fingerprint density at radius 3 is 3.09 bits per heavy atom. The first kappa shape index (κ1) is 15.6. The number of nitrogens with one attached hydrogen (secondary N) is 2. The summed E-state index contributed by atoms with van der Waals surface area (Å²) in [5.41, 5.74) is 0.0853. The normalized spacial score (nSPS) is 18.2. The van der Waals surface area contributed by atoms with E-state index < -0.39 is 11.6 Å². The summed E-state index contributed by atoms with van der Waals surface area (Å²) in [6, 6.07) is 3.53. The van der Waals surface area contributed by atoms with Crippen LogP contribution in [0.4, 0.5) is 14.6 Å². The molecule has 3 rings (SSSR count). The molecule has 1 saturated heterocycles. The van der Waals surface area contributed by atoms with Crippen molar-refractivity contribution in [1.82, 2.24) is 15.3 Å². The molecule has 2 N–H and O–H groups in total. The number of nitrogens with zero attached hydrogens (tertiary/aromatic N) is 2. The van der Waals surface area contributed by atoms with Crippen molar-refractivity contribution in [3.63, 3.8) is 0 Å². The molecular formula is C16H18F2N4O. The minimum atomic E-state index is -0.450. The summed E-state index contributed by atoms with van der Waals surface area (Å²) < 4.78 is 26.8. The van der Waals surface area contributed by atoms with Crippen LogP contribution in [-0.4, -0.2) is 29.1 Å². The van der Waals surface area contributed by atoms with Crippen molar-refractivity contribution in [2.75, 3.05) is 18.0 Å². The molecule has 0 spiro atoms. The number of hydrogen-bond donors (Lipinski definition) is 2. The standard InChI is InChI=1S/C16H18F2N4O/c17-12-3-4-14(18)11(8-12)9-21-13-2-1-7-22(10-13)15-16(23)20-6-5-19-15/h3-6,8,13,21H,1-2,7,9-10H2,(H,20,23). The van der Waals surface area contributed by atoms with Gasteiger partial charge in [0.15, 0.2) is 5.82 Å². The van der Waals surface area contributed by atoms with E-state index >= 15 is 0 Å². The fraction of sp³-hybridized carbons (Fsp3) is 0.375. The van der Waals surface area contributed by atoms with Crippen LogP contribution >= 0.6 is 0 Å². The van der Waals surface area contributed by atoms with Gasteiger partial charge in [-0.1, -0.05) is 0 Å². The predicted octanol–water partition coefficient (Wildman–Crippen LogP) is 1.81. The molecule has 0 radical (unpaired) electrons. The van der Waals surface area contributed by atoms with Gasteiger partial charge in [-0.25, -0.2) is 13.8 Å². The van der Waals surface area contributed by atoms with Crippen molar-refractivity contribution in [3.05, 3.63) is 58.1 Å². The second-order valence-electron chi connectivity index (χ2n) is 5.64. The van der Waals surface area contributed by atoms with Crippen molar-refractivity contribution in [2.24, 2.45) is 0 Å². The number of hydrogen-bond acceptors (Lipinski definition) is 4. The average molecular weight is 320 g/mol. The van der Waals surface area contributed by atoms with E-state index in [2.05, 4.69) is 15.3 Å². The third kappa shape index (κ3) is 3.73. The van der Waals surface area contributed by atoms with Crippen molar-refractivity contribution in [3.8, 4) is 0 Å². The molecule has 1 fully saturated rings. The zero-order valence-corrected chi connectivity index (χ0v) is 12.6. The number of benzene rings is 1. The molecule has 1 unspecified atom stereocenters. The first-order chi connectivity index (χ1) is 11.1. The molecule has 2 heterocycles. The molecule has 1 aromatic carbocycles. The maximum absolute atomic E-state index is 13.6. The van der Waals surface area contributed by atoms with Crippen LogP contribution in [0.1, 0.15) is 18.4 Å². The summed E-state index contributed by atoms with van der Waals surface area (Å²) in [6.07, 6.45) is 4.87. The minimum absolute atomic E-state index is 0.0906. The SMILES string of the molecule is O=c1[nH]ccnc1N1CCCC(NCc2cc(F)ccc2F)C1. The summed E-state index contributed by atoms with van der Waals surface area (Å²) >= 11 is 0. The highest BCUT2D eigenvalue weighted by Crippen LogP contribution is 2.16. The Morgan fingerprint density at radius 2 is 2.26 bits per heavy atom. The Kier molecular flexibility index (Phi) is 4.66. The zero-order valence-electron chi connectivity index (χ0n) is 12.6. The van der Waals surface area contributed by atoms with E-state index in [-0.39, 0.29) is 18.1 Å². The Balaban J connectivity index is 1.64. The number of rotatable bonds is 4. The van der Waals surface area contributed by atoms with Gasteiger partial charge >= 0.3 is 0 Å². The monoisotopic (exact) mass is 320 g/mol. The maximum atomic E-state index is 13.6. The van der Waals surface area contributed by atoms with Crippen LogP contribution in [0.15, 0.2) is 35.4 Å². The molecule has 5 nitrogen and oxygen atoms in total. The fourth-order valence-electron chi connectivity index (χ4n) is 2.84. The maximum Gasteiger partial charge on any atom is 0.290 e. The molecule has 1 atom stereocenters. The molecule has 0 aliphatic carbocycles. The van der Waals surface area contributed by atoms with Crippen LogP contribution in [0.3, 0.4) is 0 Å². The van der Waals surface area contributed by atoms with Crippen LogP contribution < -0.4 is 15.8 Å². The lowest BCUT2D eigenvalue weighted by Gasteiger charge is -2.33. The number of aromatic nitrogens is 2. The van der Waals surface area contributed by atoms with Crippen molar-refractivity contribution >= 4 is 5.82 Å². The van der Waals surface area contributed by atoms with Gasteiger partial charge in [-0.05, 0) is 31.0 Å². The largest absolute Gasteiger partial charge is 0.350 e. The quantitative estimate of drug-likeness (QED) is 0.902. The van der Waals surface area contributed by atoms with Gasteiger partial charge in [-0.15, -0.1) is 0 Å². The number of piperidine rings is 1. The molecule has 0 bridgehead atoms. The highest BCUT2D eigenvalue weighted by atomic mass is 19.1. The van der Waals surface area contributed by atoms with Gasteiger partial charge in [0.2, 0.25) is 0 Å². The molecule has 7 heteroatoms. The van der Waals surface area contributed by atoms with E-state index in [1.54, 1.807) is 6.20 Å². The summed E-state index contributed by atoms with van der Waals surface area (Å²) in [5, 5.41) is 3.24. The molecule has 2 aromatic rings. The van der Waals surface area contributed by atoms with Gasteiger partial charge in [0.25, 0.3) is 5.56 Å². The van der Waals surface area contributed by atoms with Gasteiger partial charge in [-0.2, -0.15) is 0 Å². The Bertz CT molecular complexity index is 734. The minimum Gasteiger partial charge on any atom is -0.350 e. The lowest BCUT2D eigenvalue weighted by molar-refractivity contribution is 0.415. The second-order valence-corrected chi connectivity index (χ2v) is 5.64. The van der Waals surface area contributed by atoms with Crippen molar-refractivity contribution in [1.29, 1.82) is 0 Å². The second kappa shape index (κ2) is 6.87. The average Bonchev–Trinajstić information content (AvgIpc) is 2.56. The third-order valence-corrected chi connectivity index (χ3v) is 4.00. The summed E-state index contributed by atoms with van der Waals surface area (Å²) in [6.45, 7) is 1.62. The molecule has 122 valence electrons. The smallest absolute Gasteiger partial charge is 0.290 e. The van der Waals surface area contributed by atoms with Gasteiger partial charge in [-0.3, -0.25) is 4.79 Å². The van der Waals surface area contributed by atoms with E-state index in [9.17, 15) is 13.6 Å². The van der Waals surface area contributed by atoms with Crippen LogP contribution in [0, 0.1) is 11.6 Å². The van der Waals surface area contributed by atoms with Crippen molar-refractivity contribution < 1.29 is 8.78 Å². The third-order valence-electron chi connectivity index (χ3n) is 4.00. The Morgan fingerprint density at radius 1 is 1.39 bits per heavy atom. The number of anilines is 1. The number of H-pyrrole nitrogens is 1. The topological polar surface area (TPSA) is 61.0 Å². The van der Waals surface area contributed by atoms with Crippen LogP contribution in [-0.2, 0) is 6.54 Å². The molecular weight excluding hydrogens is 302 g/mol. The van der Waals surface area contributed by atoms with Gasteiger partial charge < -0.3 is 15.2 Å². The highest BCUT2D eigenvalue weighted by molar-refractivity contribution is 5.36. The number of aromatic amines is 1. The predicted molar refractivity (Wildman–Crippen MR) is 83.3 cm³/mol. The highest BCUT2D eigenvalue weighted by Gasteiger charge is 2.22. The fourth-order valence-corrected chi connectivity index (χ4v) is 2.84. The first-order valence-corrected chi connectivity index (χ1v) is 7.59. The zero-order chi connectivity index (χ0) is 16.2.